The second-order valence-electron chi connectivity index (χ2n) is 5.77. The molecule has 2 heterocycles. The van der Waals surface area contributed by atoms with Gasteiger partial charge in [0.25, 0.3) is 0 Å². The molecule has 0 atom stereocenters. The molecule has 0 saturated carbocycles. The lowest BCUT2D eigenvalue weighted by atomic mass is 10.1. The topological polar surface area (TPSA) is 120 Å². The minimum atomic E-state index is -0.740. The number of para-hydroxylation sites is 2. The molecule has 0 radical (unpaired) electrons. The maximum Gasteiger partial charge on any atom is 0.362 e. The van der Waals surface area contributed by atoms with Crippen molar-refractivity contribution in [2.45, 2.75) is 0 Å². The van der Waals surface area contributed by atoms with Gasteiger partial charge in [-0.2, -0.15) is 5.21 Å². The van der Waals surface area contributed by atoms with E-state index in [1.807, 2.05) is 0 Å². The molecule has 0 aliphatic heterocycles. The summed E-state index contributed by atoms with van der Waals surface area (Å²) in [6.45, 7) is 0. The molecular formula is C20H13N5O4. The number of nitrogens with one attached hydrogen (secondary N) is 1. The van der Waals surface area contributed by atoms with Crippen LogP contribution in [0.25, 0.3) is 11.4 Å². The molecule has 0 amide bonds. The predicted octanol–water partition coefficient (Wildman–Crippen LogP) is 2.70. The van der Waals surface area contributed by atoms with Crippen molar-refractivity contribution in [2.24, 2.45) is 0 Å². The second-order valence-corrected chi connectivity index (χ2v) is 5.77. The first-order valence-corrected chi connectivity index (χ1v) is 8.49. The molecule has 4 rings (SSSR count). The largest absolute Gasteiger partial charge is 0.422 e. The van der Waals surface area contributed by atoms with Gasteiger partial charge in [0.05, 0.1) is 0 Å². The van der Waals surface area contributed by atoms with E-state index >= 15 is 0 Å². The van der Waals surface area contributed by atoms with Crippen LogP contribution < -0.4 is 9.47 Å². The lowest BCUT2D eigenvalue weighted by Crippen LogP contribution is -2.16. The summed E-state index contributed by atoms with van der Waals surface area (Å²) < 4.78 is 10.6. The molecule has 1 N–H and O–H groups in total. The smallest absolute Gasteiger partial charge is 0.362 e. The highest BCUT2D eigenvalue weighted by atomic mass is 16.5. The summed E-state index contributed by atoms with van der Waals surface area (Å²) in [5.74, 6) is -0.601. The number of carbonyl (C=O) groups excluding carboxylic acids is 2. The molecule has 0 bridgehead atoms. The normalized spacial score (nSPS) is 10.3. The zero-order chi connectivity index (χ0) is 20.1. The molecule has 4 aromatic rings. The Balaban J connectivity index is 1.67. The molecule has 0 saturated heterocycles. The van der Waals surface area contributed by atoms with Crippen LogP contribution in [0, 0.1) is 0 Å². The highest BCUT2D eigenvalue weighted by Gasteiger charge is 2.20. The van der Waals surface area contributed by atoms with Gasteiger partial charge in [0.15, 0.2) is 11.4 Å². The van der Waals surface area contributed by atoms with Crippen molar-refractivity contribution in [1.29, 1.82) is 0 Å². The SMILES string of the molecule is O=C(Oc1ccccc1)c1cc(-c2nn[nH]n2)cc(C(=O)Oc2ccccc2)n1. The van der Waals surface area contributed by atoms with E-state index in [-0.39, 0.29) is 17.2 Å². The number of tetrazole rings is 1. The molecule has 2 aromatic carbocycles. The van der Waals surface area contributed by atoms with E-state index in [0.717, 1.165) is 0 Å². The number of benzene rings is 2. The number of nitrogens with zero attached hydrogens (tertiary/aromatic N) is 4. The third kappa shape index (κ3) is 4.30. The van der Waals surface area contributed by atoms with Crippen LogP contribution in [0.5, 0.6) is 11.5 Å². The monoisotopic (exact) mass is 387 g/mol. The Labute approximate surface area is 164 Å². The summed E-state index contributed by atoms with van der Waals surface area (Å²) in [5.41, 5.74) is 0.154. The summed E-state index contributed by atoms with van der Waals surface area (Å²) in [6, 6.07) is 19.9. The number of hydrogen-bond acceptors (Lipinski definition) is 8. The van der Waals surface area contributed by atoms with Gasteiger partial charge in [-0.1, -0.05) is 36.4 Å². The molecule has 0 fully saturated rings. The lowest BCUT2D eigenvalue weighted by molar-refractivity contribution is 0.0722. The minimum Gasteiger partial charge on any atom is -0.422 e. The van der Waals surface area contributed by atoms with E-state index in [1.54, 1.807) is 60.7 Å². The summed E-state index contributed by atoms with van der Waals surface area (Å²) in [7, 11) is 0. The standard InChI is InChI=1S/C20H13N5O4/c26-19(28-14-7-3-1-4-8-14)16-11-13(18-22-24-25-23-18)12-17(21-16)20(27)29-15-9-5-2-6-10-15/h1-12H,(H,22,23,24,25). The van der Waals surface area contributed by atoms with Gasteiger partial charge in [0.2, 0.25) is 5.82 Å². The average molecular weight is 387 g/mol. The fourth-order valence-electron chi connectivity index (χ4n) is 2.45. The van der Waals surface area contributed by atoms with Gasteiger partial charge in [-0.25, -0.2) is 14.6 Å². The fourth-order valence-corrected chi connectivity index (χ4v) is 2.45. The molecule has 0 aliphatic rings. The van der Waals surface area contributed by atoms with Crippen molar-refractivity contribution in [3.05, 3.63) is 84.2 Å². The number of esters is 2. The van der Waals surface area contributed by atoms with Crippen LogP contribution in [0.15, 0.2) is 72.8 Å². The third-order valence-corrected chi connectivity index (χ3v) is 3.75. The van der Waals surface area contributed by atoms with E-state index in [9.17, 15) is 9.59 Å². The van der Waals surface area contributed by atoms with Crippen molar-refractivity contribution >= 4 is 11.9 Å². The Hall–Kier alpha value is -4.40. The number of aromatic nitrogens is 5. The van der Waals surface area contributed by atoms with Crippen molar-refractivity contribution in [2.75, 3.05) is 0 Å². The van der Waals surface area contributed by atoms with Crippen LogP contribution in [0.1, 0.15) is 21.0 Å². The fraction of sp³-hybridized carbons (Fsp3) is 0. The van der Waals surface area contributed by atoms with Gasteiger partial charge < -0.3 is 9.47 Å². The summed E-state index contributed by atoms with van der Waals surface area (Å²) >= 11 is 0. The van der Waals surface area contributed by atoms with Gasteiger partial charge in [-0.15, -0.1) is 10.2 Å². The Morgan fingerprint density at radius 3 is 1.72 bits per heavy atom. The van der Waals surface area contributed by atoms with Gasteiger partial charge in [0.1, 0.15) is 11.5 Å². The van der Waals surface area contributed by atoms with Gasteiger partial charge in [-0.05, 0) is 41.6 Å². The zero-order valence-corrected chi connectivity index (χ0v) is 14.9. The Kier molecular flexibility index (Phi) is 5.02. The Morgan fingerprint density at radius 2 is 1.28 bits per heavy atom. The van der Waals surface area contributed by atoms with Crippen LogP contribution in [0.2, 0.25) is 0 Å². The van der Waals surface area contributed by atoms with Gasteiger partial charge in [-0.3, -0.25) is 0 Å². The minimum absolute atomic E-state index is 0.101. The summed E-state index contributed by atoms with van der Waals surface area (Å²) in [5, 5.41) is 13.6. The first-order valence-electron chi connectivity index (χ1n) is 8.49. The van der Waals surface area contributed by atoms with Crippen molar-refractivity contribution in [3.8, 4) is 22.9 Å². The van der Waals surface area contributed by atoms with Crippen LogP contribution >= 0.6 is 0 Å². The van der Waals surface area contributed by atoms with Crippen LogP contribution in [-0.4, -0.2) is 37.5 Å². The molecule has 9 nitrogen and oxygen atoms in total. The second kappa shape index (κ2) is 8.09. The Bertz CT molecular complexity index is 1060. The highest BCUT2D eigenvalue weighted by Crippen LogP contribution is 2.19. The molecule has 2 aromatic heterocycles. The molecule has 0 spiro atoms. The third-order valence-electron chi connectivity index (χ3n) is 3.75. The molecule has 29 heavy (non-hydrogen) atoms. The van der Waals surface area contributed by atoms with Crippen LogP contribution in [0.4, 0.5) is 0 Å². The summed E-state index contributed by atoms with van der Waals surface area (Å²) in [4.78, 5) is 29.2. The highest BCUT2D eigenvalue weighted by molar-refractivity contribution is 5.95. The van der Waals surface area contributed by atoms with E-state index in [1.165, 1.54) is 12.1 Å². The maximum absolute atomic E-state index is 12.6. The van der Waals surface area contributed by atoms with Gasteiger partial charge >= 0.3 is 11.9 Å². The lowest BCUT2D eigenvalue weighted by Gasteiger charge is -2.08. The van der Waals surface area contributed by atoms with Crippen molar-refractivity contribution in [1.82, 2.24) is 25.6 Å². The number of H-pyrrole nitrogens is 1. The van der Waals surface area contributed by atoms with Gasteiger partial charge in [0, 0.05) is 5.56 Å². The number of pyridine rings is 1. The Morgan fingerprint density at radius 1 is 0.759 bits per heavy atom. The van der Waals surface area contributed by atoms with Crippen molar-refractivity contribution < 1.29 is 19.1 Å². The van der Waals surface area contributed by atoms with Crippen LogP contribution in [-0.2, 0) is 0 Å². The number of carbonyl (C=O) groups is 2. The molecular weight excluding hydrogens is 374 g/mol. The molecule has 0 aliphatic carbocycles. The quantitative estimate of drug-likeness (QED) is 0.410. The number of aromatic amines is 1. The van der Waals surface area contributed by atoms with E-state index in [4.69, 9.17) is 9.47 Å². The first kappa shape index (κ1) is 18.0. The number of hydrogen-bond donors (Lipinski definition) is 1. The average Bonchev–Trinajstić information content (AvgIpc) is 3.30. The molecule has 142 valence electrons. The number of rotatable bonds is 5. The van der Waals surface area contributed by atoms with Crippen molar-refractivity contribution in [3.63, 3.8) is 0 Å². The number of ether oxygens (including phenoxy) is 2. The molecule has 9 heteroatoms. The van der Waals surface area contributed by atoms with E-state index in [2.05, 4.69) is 25.6 Å². The maximum atomic E-state index is 12.6. The van der Waals surface area contributed by atoms with Crippen LogP contribution in [0.3, 0.4) is 0 Å². The predicted molar refractivity (Wildman–Crippen MR) is 100 cm³/mol. The first-order chi connectivity index (χ1) is 14.2. The zero-order valence-electron chi connectivity index (χ0n) is 14.9. The summed E-state index contributed by atoms with van der Waals surface area (Å²) in [6.07, 6.45) is 0. The van der Waals surface area contributed by atoms with E-state index in [0.29, 0.717) is 17.1 Å². The van der Waals surface area contributed by atoms with E-state index < -0.39 is 11.9 Å². The molecule has 0 unspecified atom stereocenters.